The van der Waals surface area contributed by atoms with Gasteiger partial charge in [0.15, 0.2) is 0 Å². The normalized spacial score (nSPS) is 21.3. The van der Waals surface area contributed by atoms with Crippen LogP contribution in [-0.4, -0.2) is 30.7 Å². The van der Waals surface area contributed by atoms with Crippen molar-refractivity contribution in [2.75, 3.05) is 24.7 Å². The van der Waals surface area contributed by atoms with E-state index in [1.807, 2.05) is 23.9 Å². The molecule has 1 aromatic carbocycles. The maximum atomic E-state index is 5.75. The van der Waals surface area contributed by atoms with Gasteiger partial charge in [0.1, 0.15) is 12.4 Å². The van der Waals surface area contributed by atoms with Crippen molar-refractivity contribution in [1.29, 1.82) is 0 Å². The Hall–Kier alpha value is -0.670. The van der Waals surface area contributed by atoms with Gasteiger partial charge in [-0.1, -0.05) is 12.1 Å². The summed E-state index contributed by atoms with van der Waals surface area (Å²) in [5.74, 6) is 3.36. The van der Waals surface area contributed by atoms with Gasteiger partial charge >= 0.3 is 0 Å². The first-order chi connectivity index (χ1) is 7.34. The van der Waals surface area contributed by atoms with Gasteiger partial charge in [0.05, 0.1) is 6.04 Å². The van der Waals surface area contributed by atoms with E-state index in [2.05, 4.69) is 24.4 Å². The van der Waals surface area contributed by atoms with E-state index in [4.69, 9.17) is 4.74 Å². The Labute approximate surface area is 95.4 Å². The van der Waals surface area contributed by atoms with Gasteiger partial charge in [-0.15, -0.1) is 0 Å². The number of thioether (sulfide) groups is 1. The highest BCUT2D eigenvalue weighted by atomic mass is 32.2. The first-order valence-corrected chi connectivity index (χ1v) is 6.50. The van der Waals surface area contributed by atoms with E-state index in [1.54, 1.807) is 0 Å². The lowest BCUT2D eigenvalue weighted by Gasteiger charge is -2.23. The van der Waals surface area contributed by atoms with Crippen molar-refractivity contribution in [1.82, 2.24) is 5.32 Å². The van der Waals surface area contributed by atoms with Crippen LogP contribution < -0.4 is 10.1 Å². The zero-order valence-corrected chi connectivity index (χ0v) is 9.85. The average Bonchev–Trinajstić information content (AvgIpc) is 2.28. The van der Waals surface area contributed by atoms with Gasteiger partial charge in [-0.2, -0.15) is 11.8 Å². The maximum absolute atomic E-state index is 5.75. The molecule has 1 atom stereocenters. The van der Waals surface area contributed by atoms with E-state index in [1.165, 1.54) is 11.3 Å². The summed E-state index contributed by atoms with van der Waals surface area (Å²) in [7, 11) is 0. The summed E-state index contributed by atoms with van der Waals surface area (Å²) in [5.41, 5.74) is 1.25. The molecule has 2 rings (SSSR count). The van der Waals surface area contributed by atoms with Crippen LogP contribution in [0, 0.1) is 6.92 Å². The molecular weight excluding hydrogens is 206 g/mol. The van der Waals surface area contributed by atoms with Crippen LogP contribution in [-0.2, 0) is 0 Å². The Kier molecular flexibility index (Phi) is 3.92. The van der Waals surface area contributed by atoms with Crippen LogP contribution in [0.4, 0.5) is 0 Å². The second kappa shape index (κ2) is 5.42. The molecule has 2 nitrogen and oxygen atoms in total. The molecule has 0 saturated carbocycles. The quantitative estimate of drug-likeness (QED) is 0.847. The predicted molar refractivity (Wildman–Crippen MR) is 65.8 cm³/mol. The molecule has 1 N–H and O–H groups in total. The largest absolute Gasteiger partial charge is 0.492 e. The maximum Gasteiger partial charge on any atom is 0.119 e. The van der Waals surface area contributed by atoms with Gasteiger partial charge in [0.2, 0.25) is 0 Å². The van der Waals surface area contributed by atoms with Crippen LogP contribution in [0.1, 0.15) is 5.56 Å². The minimum atomic E-state index is 0.504. The van der Waals surface area contributed by atoms with Crippen molar-refractivity contribution in [3.8, 4) is 5.75 Å². The first kappa shape index (κ1) is 10.8. The summed E-state index contributed by atoms with van der Waals surface area (Å²) in [6.07, 6.45) is 0. The minimum absolute atomic E-state index is 0.504. The summed E-state index contributed by atoms with van der Waals surface area (Å²) in [5, 5.41) is 3.46. The highest BCUT2D eigenvalue weighted by molar-refractivity contribution is 7.99. The summed E-state index contributed by atoms with van der Waals surface area (Å²) in [6, 6.07) is 8.72. The van der Waals surface area contributed by atoms with Gasteiger partial charge in [-0.05, 0) is 24.6 Å². The lowest BCUT2D eigenvalue weighted by atomic mass is 10.2. The Balaban J connectivity index is 1.81. The molecule has 0 spiro atoms. The van der Waals surface area contributed by atoms with Crippen LogP contribution in [0.5, 0.6) is 5.75 Å². The summed E-state index contributed by atoms with van der Waals surface area (Å²) < 4.78 is 5.75. The third-order valence-corrected chi connectivity index (χ3v) is 3.57. The third kappa shape index (κ3) is 3.43. The van der Waals surface area contributed by atoms with E-state index >= 15 is 0 Å². The van der Waals surface area contributed by atoms with Gasteiger partial charge in [0.25, 0.3) is 0 Å². The topological polar surface area (TPSA) is 21.3 Å². The molecular formula is C12H17NOS. The SMILES string of the molecule is Cc1cccc(OCC2CSCCN2)c1. The Bertz CT molecular complexity index is 310. The van der Waals surface area contributed by atoms with Crippen LogP contribution >= 0.6 is 11.8 Å². The molecule has 0 aromatic heterocycles. The van der Waals surface area contributed by atoms with E-state index in [-0.39, 0.29) is 0 Å². The lowest BCUT2D eigenvalue weighted by molar-refractivity contribution is 0.276. The first-order valence-electron chi connectivity index (χ1n) is 5.35. The lowest BCUT2D eigenvalue weighted by Crippen LogP contribution is -2.41. The number of nitrogens with one attached hydrogen (secondary N) is 1. The van der Waals surface area contributed by atoms with E-state index in [0.29, 0.717) is 6.04 Å². The number of rotatable bonds is 3. The van der Waals surface area contributed by atoms with Crippen molar-refractivity contribution in [2.24, 2.45) is 0 Å². The molecule has 1 aliphatic rings. The molecule has 15 heavy (non-hydrogen) atoms. The molecule has 1 aromatic rings. The third-order valence-electron chi connectivity index (χ3n) is 2.44. The zero-order valence-electron chi connectivity index (χ0n) is 9.03. The molecule has 0 bridgehead atoms. The van der Waals surface area contributed by atoms with Crippen molar-refractivity contribution in [3.05, 3.63) is 29.8 Å². The summed E-state index contributed by atoms with van der Waals surface area (Å²) >= 11 is 2.00. The molecule has 1 unspecified atom stereocenters. The Morgan fingerprint density at radius 3 is 3.20 bits per heavy atom. The molecule has 1 aliphatic heterocycles. The van der Waals surface area contributed by atoms with Gasteiger partial charge in [-0.3, -0.25) is 0 Å². The fourth-order valence-corrected chi connectivity index (χ4v) is 2.56. The number of aryl methyl sites for hydroxylation is 1. The molecule has 1 saturated heterocycles. The number of ether oxygens (including phenoxy) is 1. The van der Waals surface area contributed by atoms with Crippen molar-refractivity contribution < 1.29 is 4.74 Å². The smallest absolute Gasteiger partial charge is 0.119 e. The molecule has 1 fully saturated rings. The van der Waals surface area contributed by atoms with Crippen LogP contribution in [0.15, 0.2) is 24.3 Å². The summed E-state index contributed by atoms with van der Waals surface area (Å²) in [4.78, 5) is 0. The summed E-state index contributed by atoms with van der Waals surface area (Å²) in [6.45, 7) is 3.96. The predicted octanol–water partition coefficient (Wildman–Crippen LogP) is 2.08. The monoisotopic (exact) mass is 223 g/mol. The number of hydrogen-bond acceptors (Lipinski definition) is 3. The second-order valence-corrected chi connectivity index (χ2v) is 5.00. The zero-order chi connectivity index (χ0) is 10.5. The fraction of sp³-hybridized carbons (Fsp3) is 0.500. The van der Waals surface area contributed by atoms with Gasteiger partial charge in [0, 0.05) is 18.1 Å². The highest BCUT2D eigenvalue weighted by Gasteiger charge is 2.13. The molecule has 1 heterocycles. The number of benzene rings is 1. The molecule has 3 heteroatoms. The van der Waals surface area contributed by atoms with Gasteiger partial charge in [-0.25, -0.2) is 0 Å². The molecule has 82 valence electrons. The van der Waals surface area contributed by atoms with Crippen LogP contribution in [0.25, 0.3) is 0 Å². The van der Waals surface area contributed by atoms with Crippen molar-refractivity contribution in [2.45, 2.75) is 13.0 Å². The Morgan fingerprint density at radius 2 is 2.47 bits per heavy atom. The molecule has 0 aliphatic carbocycles. The standard InChI is InChI=1S/C12H17NOS/c1-10-3-2-4-12(7-10)14-8-11-9-15-6-5-13-11/h2-4,7,11,13H,5-6,8-9H2,1H3. The van der Waals surface area contributed by atoms with E-state index < -0.39 is 0 Å². The van der Waals surface area contributed by atoms with Crippen LogP contribution in [0.2, 0.25) is 0 Å². The van der Waals surface area contributed by atoms with Crippen molar-refractivity contribution >= 4 is 11.8 Å². The van der Waals surface area contributed by atoms with E-state index in [0.717, 1.165) is 24.7 Å². The van der Waals surface area contributed by atoms with Crippen molar-refractivity contribution in [3.63, 3.8) is 0 Å². The highest BCUT2D eigenvalue weighted by Crippen LogP contribution is 2.14. The second-order valence-electron chi connectivity index (χ2n) is 3.85. The molecule has 0 amide bonds. The fourth-order valence-electron chi connectivity index (χ4n) is 1.63. The average molecular weight is 223 g/mol. The van der Waals surface area contributed by atoms with Gasteiger partial charge < -0.3 is 10.1 Å². The van der Waals surface area contributed by atoms with E-state index in [9.17, 15) is 0 Å². The number of hydrogen-bond donors (Lipinski definition) is 1. The Morgan fingerprint density at radius 1 is 1.53 bits per heavy atom. The molecule has 0 radical (unpaired) electrons. The minimum Gasteiger partial charge on any atom is -0.492 e. The van der Waals surface area contributed by atoms with Crippen LogP contribution in [0.3, 0.4) is 0 Å².